The van der Waals surface area contributed by atoms with Crippen LogP contribution in [0.2, 0.25) is 0 Å². The molecule has 35 heavy (non-hydrogen) atoms. The fourth-order valence-electron chi connectivity index (χ4n) is 4.68. The monoisotopic (exact) mass is 484 g/mol. The maximum atomic E-state index is 13.7. The van der Waals surface area contributed by atoms with Gasteiger partial charge in [0.15, 0.2) is 7.28 Å². The van der Waals surface area contributed by atoms with E-state index in [0.717, 1.165) is 17.6 Å². The standard InChI is InChI=1S/C30H30FN2OP/c1-5-33-28-14-10-9-13-26(28)27-21-25(19-20-29(27)33)35(30(2,3)4,34-24-11-7-6-8-12-24)32-23-17-15-22(31)16-18-23/h6-21H,5H2,1-4H3/t35-/m1/s1. The highest BCUT2D eigenvalue weighted by molar-refractivity contribution is 7.71. The van der Waals surface area contributed by atoms with Crippen LogP contribution >= 0.6 is 7.28 Å². The lowest BCUT2D eigenvalue weighted by Crippen LogP contribution is -2.27. The topological polar surface area (TPSA) is 26.5 Å². The Labute approximate surface area is 206 Å². The molecule has 1 atom stereocenters. The van der Waals surface area contributed by atoms with E-state index in [4.69, 9.17) is 9.27 Å². The highest BCUT2D eigenvalue weighted by Crippen LogP contribution is 2.62. The van der Waals surface area contributed by atoms with Gasteiger partial charge < -0.3 is 9.09 Å². The molecular weight excluding hydrogens is 454 g/mol. The van der Waals surface area contributed by atoms with Crippen LogP contribution in [0.3, 0.4) is 0 Å². The fraction of sp³-hybridized carbons (Fsp3) is 0.200. The largest absolute Gasteiger partial charge is 0.455 e. The van der Waals surface area contributed by atoms with Gasteiger partial charge in [0.1, 0.15) is 11.6 Å². The number of rotatable bonds is 5. The smallest absolute Gasteiger partial charge is 0.173 e. The summed E-state index contributed by atoms with van der Waals surface area (Å²) in [6, 6.07) is 31.4. The predicted molar refractivity (Wildman–Crippen MR) is 147 cm³/mol. The quantitative estimate of drug-likeness (QED) is 0.229. The van der Waals surface area contributed by atoms with Crippen LogP contribution in [0.1, 0.15) is 27.7 Å². The summed E-state index contributed by atoms with van der Waals surface area (Å²) < 4.78 is 28.3. The van der Waals surface area contributed by atoms with Gasteiger partial charge >= 0.3 is 0 Å². The Hall–Kier alpha value is -3.36. The summed E-state index contributed by atoms with van der Waals surface area (Å²) in [6.45, 7) is 9.60. The molecule has 1 heterocycles. The Kier molecular flexibility index (Phi) is 6.02. The van der Waals surface area contributed by atoms with E-state index in [1.54, 1.807) is 12.1 Å². The molecule has 0 radical (unpaired) electrons. The van der Waals surface area contributed by atoms with Crippen LogP contribution in [0.5, 0.6) is 5.75 Å². The van der Waals surface area contributed by atoms with E-state index in [2.05, 4.69) is 74.7 Å². The summed E-state index contributed by atoms with van der Waals surface area (Å²) in [7, 11) is -2.68. The minimum absolute atomic E-state index is 0.276. The van der Waals surface area contributed by atoms with Crippen LogP contribution < -0.4 is 9.83 Å². The Morgan fingerprint density at radius 3 is 2.14 bits per heavy atom. The molecule has 0 amide bonds. The number of hydrogen-bond acceptors (Lipinski definition) is 2. The molecule has 0 aliphatic carbocycles. The third-order valence-corrected chi connectivity index (χ3v) is 10.2. The zero-order chi connectivity index (χ0) is 24.6. The van der Waals surface area contributed by atoms with Gasteiger partial charge in [-0.1, -0.05) is 57.2 Å². The summed E-state index contributed by atoms with van der Waals surface area (Å²) >= 11 is 0. The van der Waals surface area contributed by atoms with Crippen molar-refractivity contribution in [1.29, 1.82) is 0 Å². The molecule has 1 aromatic heterocycles. The third-order valence-electron chi connectivity index (χ3n) is 6.40. The van der Waals surface area contributed by atoms with Crippen molar-refractivity contribution in [1.82, 2.24) is 4.57 Å². The van der Waals surface area contributed by atoms with E-state index < -0.39 is 7.28 Å². The number of para-hydroxylation sites is 2. The molecule has 0 N–H and O–H groups in total. The van der Waals surface area contributed by atoms with Crippen LogP contribution in [0.4, 0.5) is 10.1 Å². The summed E-state index contributed by atoms with van der Waals surface area (Å²) in [6.07, 6.45) is 0. The van der Waals surface area contributed by atoms with Crippen LogP contribution in [0.15, 0.2) is 102 Å². The van der Waals surface area contributed by atoms with Gasteiger partial charge in [0.2, 0.25) is 0 Å². The number of benzene rings is 4. The lowest BCUT2D eigenvalue weighted by molar-refractivity contribution is 0.571. The van der Waals surface area contributed by atoms with Gasteiger partial charge in [-0.25, -0.2) is 9.14 Å². The van der Waals surface area contributed by atoms with E-state index in [1.807, 2.05) is 30.3 Å². The molecule has 5 aromatic rings. The molecule has 0 saturated carbocycles. The van der Waals surface area contributed by atoms with Gasteiger partial charge in [-0.15, -0.1) is 0 Å². The van der Waals surface area contributed by atoms with Gasteiger partial charge in [-0.3, -0.25) is 0 Å². The van der Waals surface area contributed by atoms with E-state index >= 15 is 0 Å². The first kappa shape index (κ1) is 23.4. The van der Waals surface area contributed by atoms with E-state index in [9.17, 15) is 4.39 Å². The molecular formula is C30H30FN2OP. The van der Waals surface area contributed by atoms with Crippen molar-refractivity contribution in [2.75, 3.05) is 0 Å². The van der Waals surface area contributed by atoms with E-state index in [-0.39, 0.29) is 11.0 Å². The van der Waals surface area contributed by atoms with Gasteiger partial charge in [0.05, 0.1) is 5.69 Å². The van der Waals surface area contributed by atoms with Crippen molar-refractivity contribution >= 4 is 40.1 Å². The van der Waals surface area contributed by atoms with Crippen LogP contribution in [0, 0.1) is 5.82 Å². The molecule has 0 spiro atoms. The molecule has 0 fully saturated rings. The number of hydrogen-bond donors (Lipinski definition) is 0. The number of aromatic nitrogens is 1. The van der Waals surface area contributed by atoms with Gasteiger partial charge in [-0.05, 0) is 67.6 Å². The van der Waals surface area contributed by atoms with Crippen molar-refractivity contribution in [3.8, 4) is 5.75 Å². The average molecular weight is 485 g/mol. The Bertz CT molecular complexity index is 1550. The Morgan fingerprint density at radius 1 is 0.800 bits per heavy atom. The second-order valence-electron chi connectivity index (χ2n) is 9.69. The molecule has 0 aliphatic rings. The van der Waals surface area contributed by atoms with Crippen LogP contribution in [-0.4, -0.2) is 9.72 Å². The van der Waals surface area contributed by atoms with Crippen LogP contribution in [-0.2, 0) is 6.54 Å². The van der Waals surface area contributed by atoms with E-state index in [0.29, 0.717) is 5.69 Å². The number of aryl methyl sites for hydroxylation is 1. The molecule has 5 heteroatoms. The van der Waals surface area contributed by atoms with Crippen molar-refractivity contribution in [3.05, 3.63) is 103 Å². The van der Waals surface area contributed by atoms with Crippen LogP contribution in [0.25, 0.3) is 21.8 Å². The molecule has 0 saturated heterocycles. The molecule has 3 nitrogen and oxygen atoms in total. The first-order chi connectivity index (χ1) is 16.8. The number of nitrogens with zero attached hydrogens (tertiary/aromatic N) is 2. The summed E-state index contributed by atoms with van der Waals surface area (Å²) in [4.78, 5) is 0. The minimum Gasteiger partial charge on any atom is -0.455 e. The van der Waals surface area contributed by atoms with Gasteiger partial charge in [-0.2, -0.15) is 0 Å². The van der Waals surface area contributed by atoms with E-state index in [1.165, 1.54) is 33.9 Å². The lowest BCUT2D eigenvalue weighted by atomic mass is 10.1. The first-order valence-electron chi connectivity index (χ1n) is 12.0. The maximum absolute atomic E-state index is 13.7. The zero-order valence-corrected chi connectivity index (χ0v) is 21.5. The Morgan fingerprint density at radius 2 is 1.46 bits per heavy atom. The van der Waals surface area contributed by atoms with Crippen molar-refractivity contribution in [3.63, 3.8) is 0 Å². The first-order valence-corrected chi connectivity index (χ1v) is 13.6. The molecule has 178 valence electrons. The normalized spacial score (nSPS) is 13.6. The molecule has 0 bridgehead atoms. The minimum atomic E-state index is -2.68. The SMILES string of the molecule is CCn1c2ccccc2c2cc([P@@](=Nc3ccc(F)cc3)(Oc3ccccc3)C(C)(C)C)ccc21. The zero-order valence-electron chi connectivity index (χ0n) is 20.6. The molecule has 5 rings (SSSR count). The van der Waals surface area contributed by atoms with Crippen molar-refractivity contribution in [2.45, 2.75) is 39.4 Å². The molecule has 4 aromatic carbocycles. The maximum Gasteiger partial charge on any atom is 0.173 e. The summed E-state index contributed by atoms with van der Waals surface area (Å²) in [5.41, 5.74) is 3.13. The van der Waals surface area contributed by atoms with Gasteiger partial charge in [0.25, 0.3) is 0 Å². The van der Waals surface area contributed by atoms with Crippen molar-refractivity contribution < 1.29 is 8.91 Å². The lowest BCUT2D eigenvalue weighted by Gasteiger charge is -2.37. The third kappa shape index (κ3) is 4.17. The highest BCUT2D eigenvalue weighted by Gasteiger charge is 2.39. The fourth-order valence-corrected chi connectivity index (χ4v) is 7.76. The number of halogens is 1. The predicted octanol–water partition coefficient (Wildman–Crippen LogP) is 8.90. The number of fused-ring (bicyclic) bond motifs is 3. The Balaban J connectivity index is 1.84. The summed E-state index contributed by atoms with van der Waals surface area (Å²) in [5.74, 6) is 0.499. The average Bonchev–Trinajstić information content (AvgIpc) is 3.18. The second kappa shape index (κ2) is 9.02. The highest BCUT2D eigenvalue weighted by atomic mass is 31.2. The van der Waals surface area contributed by atoms with Gasteiger partial charge in [0, 0.05) is 38.8 Å². The second-order valence-corrected chi connectivity index (χ2v) is 13.1. The van der Waals surface area contributed by atoms with Crippen molar-refractivity contribution in [2.24, 2.45) is 4.74 Å². The molecule has 0 unspecified atom stereocenters. The molecule has 0 aliphatic heterocycles. The summed E-state index contributed by atoms with van der Waals surface area (Å²) in [5, 5.41) is 3.15.